The average molecular weight is 301 g/mol. The van der Waals surface area contributed by atoms with E-state index in [1.54, 1.807) is 35.4 Å². The number of halogens is 1. The lowest BCUT2D eigenvalue weighted by Gasteiger charge is -2.17. The Morgan fingerprint density at radius 3 is 2.77 bits per heavy atom. The lowest BCUT2D eigenvalue weighted by molar-refractivity contribution is -0.128. The van der Waals surface area contributed by atoms with E-state index in [1.165, 1.54) is 12.1 Å². The van der Waals surface area contributed by atoms with Crippen LogP contribution in [0.5, 0.6) is 0 Å². The third kappa shape index (κ3) is 3.16. The van der Waals surface area contributed by atoms with E-state index in [9.17, 15) is 14.0 Å². The summed E-state index contributed by atoms with van der Waals surface area (Å²) in [5.74, 6) is -0.528. The molecule has 1 saturated heterocycles. The molecule has 0 aliphatic carbocycles. The number of amides is 2. The van der Waals surface area contributed by atoms with Crippen LogP contribution >= 0.6 is 0 Å². The Hall–Kier alpha value is -2.63. The second kappa shape index (κ2) is 6.01. The van der Waals surface area contributed by atoms with Crippen LogP contribution in [0.25, 0.3) is 0 Å². The summed E-state index contributed by atoms with van der Waals surface area (Å²) < 4.78 is 12.9. The van der Waals surface area contributed by atoms with Gasteiger partial charge in [-0.1, -0.05) is 12.1 Å². The number of hydrogen-bond acceptors (Lipinski definition) is 2. The van der Waals surface area contributed by atoms with Gasteiger partial charge in [-0.15, -0.1) is 0 Å². The van der Waals surface area contributed by atoms with Gasteiger partial charge in [-0.05, 0) is 29.8 Å². The highest BCUT2D eigenvalue weighted by atomic mass is 19.1. The largest absolute Gasteiger partial charge is 0.357 e. The molecule has 6 heteroatoms. The number of aromatic amines is 1. The first kappa shape index (κ1) is 14.3. The number of aromatic nitrogens is 1. The zero-order valence-corrected chi connectivity index (χ0v) is 11.9. The van der Waals surface area contributed by atoms with Gasteiger partial charge in [-0.3, -0.25) is 9.59 Å². The fraction of sp³-hybridized carbons (Fsp3) is 0.250. The molecule has 0 saturated carbocycles. The third-order valence-corrected chi connectivity index (χ3v) is 3.68. The van der Waals surface area contributed by atoms with E-state index in [-0.39, 0.29) is 30.1 Å². The Kier molecular flexibility index (Phi) is 3.91. The van der Waals surface area contributed by atoms with Crippen molar-refractivity contribution in [1.82, 2.24) is 15.2 Å². The van der Waals surface area contributed by atoms with Crippen molar-refractivity contribution >= 4 is 11.8 Å². The second-order valence-electron chi connectivity index (χ2n) is 5.36. The molecule has 114 valence electrons. The first-order valence-corrected chi connectivity index (χ1v) is 7.08. The normalized spacial score (nSPS) is 17.8. The molecule has 1 fully saturated rings. The first-order valence-electron chi connectivity index (χ1n) is 7.08. The first-order chi connectivity index (χ1) is 10.6. The number of hydrogen-bond donors (Lipinski definition) is 2. The molecule has 2 heterocycles. The minimum absolute atomic E-state index is 0.0129. The van der Waals surface area contributed by atoms with Crippen LogP contribution in [-0.2, 0) is 11.3 Å². The van der Waals surface area contributed by atoms with Gasteiger partial charge >= 0.3 is 0 Å². The summed E-state index contributed by atoms with van der Waals surface area (Å²) in [6.07, 6.45) is 1.96. The molecule has 0 bridgehead atoms. The lowest BCUT2D eigenvalue weighted by Crippen LogP contribution is -2.37. The van der Waals surface area contributed by atoms with Crippen molar-refractivity contribution in [2.75, 3.05) is 6.54 Å². The average Bonchev–Trinajstić information content (AvgIpc) is 3.12. The monoisotopic (exact) mass is 301 g/mol. The van der Waals surface area contributed by atoms with Crippen molar-refractivity contribution in [2.24, 2.45) is 0 Å². The summed E-state index contributed by atoms with van der Waals surface area (Å²) >= 11 is 0. The van der Waals surface area contributed by atoms with Crippen molar-refractivity contribution < 1.29 is 14.0 Å². The Labute approximate surface area is 127 Å². The van der Waals surface area contributed by atoms with E-state index in [4.69, 9.17) is 0 Å². The van der Waals surface area contributed by atoms with E-state index in [0.29, 0.717) is 18.8 Å². The SMILES string of the molecule is O=C(N[C@H]1CC(=O)N(Cc2ccc(F)cc2)C1)c1ccc[nH]1. The minimum atomic E-state index is -0.299. The fourth-order valence-corrected chi connectivity index (χ4v) is 2.57. The summed E-state index contributed by atoms with van der Waals surface area (Å²) in [4.78, 5) is 28.5. The molecule has 2 amide bonds. The van der Waals surface area contributed by atoms with Gasteiger partial charge in [0, 0.05) is 25.7 Å². The topological polar surface area (TPSA) is 65.2 Å². The molecule has 22 heavy (non-hydrogen) atoms. The van der Waals surface area contributed by atoms with Crippen LogP contribution in [0, 0.1) is 5.82 Å². The van der Waals surface area contributed by atoms with E-state index >= 15 is 0 Å². The van der Waals surface area contributed by atoms with Crippen molar-refractivity contribution in [3.63, 3.8) is 0 Å². The maximum Gasteiger partial charge on any atom is 0.267 e. The van der Waals surface area contributed by atoms with Gasteiger partial charge in [0.2, 0.25) is 5.91 Å². The Balaban J connectivity index is 1.58. The van der Waals surface area contributed by atoms with Crippen molar-refractivity contribution in [3.8, 4) is 0 Å². The summed E-state index contributed by atoms with van der Waals surface area (Å²) in [6, 6.07) is 9.29. The summed E-state index contributed by atoms with van der Waals surface area (Å²) in [6.45, 7) is 0.886. The molecular formula is C16H16FN3O2. The quantitative estimate of drug-likeness (QED) is 0.902. The number of nitrogens with one attached hydrogen (secondary N) is 2. The highest BCUT2D eigenvalue weighted by molar-refractivity contribution is 5.93. The number of likely N-dealkylation sites (tertiary alicyclic amines) is 1. The van der Waals surface area contributed by atoms with Crippen LogP contribution in [0.3, 0.4) is 0 Å². The summed E-state index contributed by atoms with van der Waals surface area (Å²) in [7, 11) is 0. The predicted molar refractivity (Wildman–Crippen MR) is 78.5 cm³/mol. The highest BCUT2D eigenvalue weighted by Gasteiger charge is 2.30. The number of H-pyrrole nitrogens is 1. The zero-order chi connectivity index (χ0) is 15.5. The fourth-order valence-electron chi connectivity index (χ4n) is 2.57. The molecule has 0 unspecified atom stereocenters. The van der Waals surface area contributed by atoms with Gasteiger partial charge in [0.05, 0.1) is 6.04 Å². The van der Waals surface area contributed by atoms with Crippen molar-refractivity contribution in [1.29, 1.82) is 0 Å². The Bertz CT molecular complexity index is 667. The lowest BCUT2D eigenvalue weighted by atomic mass is 10.2. The molecule has 3 rings (SSSR count). The number of carbonyl (C=O) groups excluding carboxylic acids is 2. The number of nitrogens with zero attached hydrogens (tertiary/aromatic N) is 1. The second-order valence-corrected chi connectivity index (χ2v) is 5.36. The molecule has 1 aromatic heterocycles. The molecule has 0 spiro atoms. The maximum atomic E-state index is 12.9. The van der Waals surface area contributed by atoms with E-state index in [1.807, 2.05) is 0 Å². The van der Waals surface area contributed by atoms with Crippen molar-refractivity contribution in [2.45, 2.75) is 19.0 Å². The van der Waals surface area contributed by atoms with Crippen LogP contribution in [0.2, 0.25) is 0 Å². The zero-order valence-electron chi connectivity index (χ0n) is 11.9. The van der Waals surface area contributed by atoms with Crippen LogP contribution < -0.4 is 5.32 Å². The van der Waals surface area contributed by atoms with Crippen LogP contribution in [0.15, 0.2) is 42.6 Å². The van der Waals surface area contributed by atoms with Gasteiger partial charge in [0.15, 0.2) is 0 Å². The highest BCUT2D eigenvalue weighted by Crippen LogP contribution is 2.16. The summed E-state index contributed by atoms with van der Waals surface area (Å²) in [5.41, 5.74) is 1.34. The van der Waals surface area contributed by atoms with E-state index < -0.39 is 0 Å². The molecule has 2 N–H and O–H groups in total. The van der Waals surface area contributed by atoms with Crippen LogP contribution in [0.1, 0.15) is 22.5 Å². The van der Waals surface area contributed by atoms with Gasteiger partial charge in [-0.2, -0.15) is 0 Å². The molecular weight excluding hydrogens is 285 g/mol. The molecule has 2 aromatic rings. The van der Waals surface area contributed by atoms with Gasteiger partial charge in [-0.25, -0.2) is 4.39 Å². The van der Waals surface area contributed by atoms with Gasteiger partial charge in [0.1, 0.15) is 11.5 Å². The van der Waals surface area contributed by atoms with Gasteiger partial charge < -0.3 is 15.2 Å². The van der Waals surface area contributed by atoms with Crippen LogP contribution in [0.4, 0.5) is 4.39 Å². The molecule has 1 aromatic carbocycles. The molecule has 1 aliphatic heterocycles. The van der Waals surface area contributed by atoms with Gasteiger partial charge in [0.25, 0.3) is 5.91 Å². The standard InChI is InChI=1S/C16H16FN3O2/c17-12-5-3-11(4-6-12)9-20-10-13(8-15(20)21)19-16(22)14-2-1-7-18-14/h1-7,13,18H,8-10H2,(H,19,22)/t13-/m0/s1. The van der Waals surface area contributed by atoms with Crippen molar-refractivity contribution in [3.05, 3.63) is 59.7 Å². The summed E-state index contributed by atoms with van der Waals surface area (Å²) in [5, 5.41) is 2.84. The predicted octanol–water partition coefficient (Wildman–Crippen LogP) is 1.68. The van der Waals surface area contributed by atoms with E-state index in [0.717, 1.165) is 5.56 Å². The number of carbonyl (C=O) groups is 2. The Morgan fingerprint density at radius 1 is 1.32 bits per heavy atom. The van der Waals surface area contributed by atoms with Crippen LogP contribution in [-0.4, -0.2) is 34.3 Å². The maximum absolute atomic E-state index is 12.9. The minimum Gasteiger partial charge on any atom is -0.357 e. The molecule has 0 radical (unpaired) electrons. The Morgan fingerprint density at radius 2 is 2.09 bits per heavy atom. The smallest absolute Gasteiger partial charge is 0.267 e. The molecule has 5 nitrogen and oxygen atoms in total. The number of rotatable bonds is 4. The molecule has 1 aliphatic rings. The third-order valence-electron chi connectivity index (χ3n) is 3.68. The molecule has 1 atom stereocenters. The number of benzene rings is 1. The van der Waals surface area contributed by atoms with E-state index in [2.05, 4.69) is 10.3 Å².